The summed E-state index contributed by atoms with van der Waals surface area (Å²) >= 11 is 0. The molecule has 1 aliphatic heterocycles. The molecule has 4 heterocycles. The van der Waals surface area contributed by atoms with Crippen LogP contribution < -0.4 is 5.32 Å². The Labute approximate surface area is 194 Å². The van der Waals surface area contributed by atoms with Gasteiger partial charge < -0.3 is 10.2 Å². The van der Waals surface area contributed by atoms with Crippen LogP contribution in [0, 0.1) is 5.92 Å². The molecule has 1 N–H and O–H groups in total. The number of amides is 2. The first-order valence-electron chi connectivity index (χ1n) is 10.9. The molecule has 1 saturated heterocycles. The van der Waals surface area contributed by atoms with E-state index in [9.17, 15) is 22.8 Å². The summed E-state index contributed by atoms with van der Waals surface area (Å²) in [6.07, 6.45) is -2.87. The molecule has 34 heavy (non-hydrogen) atoms. The minimum absolute atomic E-state index is 0.172. The minimum atomic E-state index is -4.54. The van der Waals surface area contributed by atoms with Gasteiger partial charge in [-0.3, -0.25) is 9.59 Å². The van der Waals surface area contributed by atoms with Gasteiger partial charge in [0.25, 0.3) is 5.91 Å². The van der Waals surface area contributed by atoms with Crippen molar-refractivity contribution >= 4 is 22.8 Å². The third kappa shape index (κ3) is 4.22. The lowest BCUT2D eigenvalue weighted by atomic mass is 9.98. The molecule has 0 saturated carbocycles. The molecule has 0 aliphatic carbocycles. The van der Waals surface area contributed by atoms with Gasteiger partial charge in [-0.05, 0) is 50.5 Å². The van der Waals surface area contributed by atoms with Gasteiger partial charge in [0.15, 0.2) is 0 Å². The zero-order chi connectivity index (χ0) is 24.8. The van der Waals surface area contributed by atoms with Crippen LogP contribution in [0.3, 0.4) is 0 Å². The topological polar surface area (TPSA) is 93.0 Å². The molecule has 2 amide bonds. The summed E-state index contributed by atoms with van der Waals surface area (Å²) in [6, 6.07) is 5.41. The Morgan fingerprint density at radius 2 is 1.94 bits per heavy atom. The Morgan fingerprint density at radius 3 is 2.56 bits per heavy atom. The SMILES string of the molecule is CC(C)Cc1nn(-c2ccc(C(F)(F)F)nc2)c2ccc(C(=O)N3CCNC(=O)C3(C)C)nc12. The Kier molecular flexibility index (Phi) is 5.82. The highest BCUT2D eigenvalue weighted by molar-refractivity contribution is 5.99. The number of nitrogens with one attached hydrogen (secondary N) is 1. The number of alkyl halides is 3. The van der Waals surface area contributed by atoms with E-state index in [0.29, 0.717) is 41.9 Å². The van der Waals surface area contributed by atoms with Crippen molar-refractivity contribution in [3.63, 3.8) is 0 Å². The summed E-state index contributed by atoms with van der Waals surface area (Å²) in [4.78, 5) is 35.2. The first kappa shape index (κ1) is 23.7. The summed E-state index contributed by atoms with van der Waals surface area (Å²) in [5.74, 6) is -0.388. The van der Waals surface area contributed by atoms with Crippen molar-refractivity contribution in [2.75, 3.05) is 13.1 Å². The van der Waals surface area contributed by atoms with Crippen molar-refractivity contribution in [3.8, 4) is 5.69 Å². The number of carbonyl (C=O) groups excluding carboxylic acids is 2. The predicted octanol–water partition coefficient (Wildman–Crippen LogP) is 3.38. The van der Waals surface area contributed by atoms with Crippen LogP contribution in [0.2, 0.25) is 0 Å². The predicted molar refractivity (Wildman–Crippen MR) is 118 cm³/mol. The van der Waals surface area contributed by atoms with Crippen LogP contribution in [0.15, 0.2) is 30.5 Å². The molecule has 11 heteroatoms. The normalized spacial score (nSPS) is 16.2. The standard InChI is InChI=1S/C23H25F3N6O2/c1-13(2)11-16-19-17(32(30-16)14-5-8-18(28-12-14)23(24,25)26)7-6-15(29-19)20(33)31-10-9-27-21(34)22(31,3)4/h5-8,12-13H,9-11H2,1-4H3,(H,27,34). The van der Waals surface area contributed by atoms with Crippen molar-refractivity contribution in [3.05, 3.63) is 47.5 Å². The minimum Gasteiger partial charge on any atom is -0.352 e. The van der Waals surface area contributed by atoms with E-state index in [-0.39, 0.29) is 23.4 Å². The number of hydrogen-bond acceptors (Lipinski definition) is 5. The summed E-state index contributed by atoms with van der Waals surface area (Å²) in [6.45, 7) is 8.08. The first-order chi connectivity index (χ1) is 15.9. The number of rotatable bonds is 4. The number of aromatic nitrogens is 4. The van der Waals surface area contributed by atoms with Crippen LogP contribution in [0.25, 0.3) is 16.7 Å². The van der Waals surface area contributed by atoms with Crippen molar-refractivity contribution in [2.24, 2.45) is 5.92 Å². The van der Waals surface area contributed by atoms with E-state index in [4.69, 9.17) is 0 Å². The Hall–Kier alpha value is -3.50. The molecular weight excluding hydrogens is 449 g/mol. The summed E-state index contributed by atoms with van der Waals surface area (Å²) < 4.78 is 40.2. The van der Waals surface area contributed by atoms with E-state index in [1.54, 1.807) is 26.0 Å². The second kappa shape index (κ2) is 8.37. The van der Waals surface area contributed by atoms with Gasteiger partial charge in [0.05, 0.1) is 23.1 Å². The van der Waals surface area contributed by atoms with Gasteiger partial charge >= 0.3 is 6.18 Å². The fourth-order valence-corrected chi connectivity index (χ4v) is 3.97. The highest BCUT2D eigenvalue weighted by Crippen LogP contribution is 2.29. The third-order valence-corrected chi connectivity index (χ3v) is 5.80. The van der Waals surface area contributed by atoms with E-state index >= 15 is 0 Å². The van der Waals surface area contributed by atoms with E-state index < -0.39 is 17.4 Å². The summed E-state index contributed by atoms with van der Waals surface area (Å²) in [7, 11) is 0. The van der Waals surface area contributed by atoms with Crippen LogP contribution >= 0.6 is 0 Å². The highest BCUT2D eigenvalue weighted by Gasteiger charge is 2.41. The molecule has 0 spiro atoms. The third-order valence-electron chi connectivity index (χ3n) is 5.80. The zero-order valence-electron chi connectivity index (χ0n) is 19.3. The Balaban J connectivity index is 1.78. The maximum absolute atomic E-state index is 13.3. The van der Waals surface area contributed by atoms with E-state index in [1.807, 2.05) is 13.8 Å². The molecule has 0 bridgehead atoms. The van der Waals surface area contributed by atoms with Crippen molar-refractivity contribution in [2.45, 2.75) is 45.8 Å². The smallest absolute Gasteiger partial charge is 0.352 e. The molecule has 0 radical (unpaired) electrons. The van der Waals surface area contributed by atoms with Crippen LogP contribution in [0.5, 0.6) is 0 Å². The fourth-order valence-electron chi connectivity index (χ4n) is 3.97. The highest BCUT2D eigenvalue weighted by atomic mass is 19.4. The van der Waals surface area contributed by atoms with Gasteiger partial charge in [0.2, 0.25) is 5.91 Å². The lowest BCUT2D eigenvalue weighted by molar-refractivity contribution is -0.141. The maximum Gasteiger partial charge on any atom is 0.433 e. The Bertz CT molecular complexity index is 1250. The number of piperazine rings is 1. The van der Waals surface area contributed by atoms with Gasteiger partial charge in [-0.15, -0.1) is 0 Å². The average Bonchev–Trinajstić information content (AvgIpc) is 3.11. The lowest BCUT2D eigenvalue weighted by Crippen LogP contribution is -2.63. The van der Waals surface area contributed by atoms with Crippen LogP contribution in [-0.2, 0) is 17.4 Å². The molecule has 4 rings (SSSR count). The average molecular weight is 474 g/mol. The zero-order valence-corrected chi connectivity index (χ0v) is 19.3. The molecule has 0 atom stereocenters. The van der Waals surface area contributed by atoms with Gasteiger partial charge in [0.1, 0.15) is 22.4 Å². The number of pyridine rings is 2. The monoisotopic (exact) mass is 474 g/mol. The second-order valence-electron chi connectivity index (χ2n) is 9.19. The molecule has 8 nitrogen and oxygen atoms in total. The Morgan fingerprint density at radius 1 is 1.21 bits per heavy atom. The molecule has 0 unspecified atom stereocenters. The van der Waals surface area contributed by atoms with Crippen LogP contribution in [0.4, 0.5) is 13.2 Å². The number of hydrogen-bond donors (Lipinski definition) is 1. The summed E-state index contributed by atoms with van der Waals surface area (Å²) in [5.41, 5.74) is 0.156. The maximum atomic E-state index is 13.3. The van der Waals surface area contributed by atoms with Crippen molar-refractivity contribution < 1.29 is 22.8 Å². The molecule has 3 aromatic rings. The van der Waals surface area contributed by atoms with Gasteiger partial charge in [-0.2, -0.15) is 18.3 Å². The van der Waals surface area contributed by atoms with Crippen LogP contribution in [-0.4, -0.2) is 55.1 Å². The molecule has 3 aromatic heterocycles. The molecule has 1 aliphatic rings. The molecule has 180 valence electrons. The van der Waals surface area contributed by atoms with E-state index in [1.165, 1.54) is 15.6 Å². The number of carbonyl (C=O) groups is 2. The second-order valence-corrected chi connectivity index (χ2v) is 9.19. The number of nitrogens with zero attached hydrogens (tertiary/aromatic N) is 5. The lowest BCUT2D eigenvalue weighted by Gasteiger charge is -2.40. The van der Waals surface area contributed by atoms with Gasteiger partial charge in [-0.25, -0.2) is 14.6 Å². The molecule has 1 fully saturated rings. The van der Waals surface area contributed by atoms with Gasteiger partial charge in [-0.1, -0.05) is 13.8 Å². The fraction of sp³-hybridized carbons (Fsp3) is 0.435. The quantitative estimate of drug-likeness (QED) is 0.626. The molecular formula is C23H25F3N6O2. The van der Waals surface area contributed by atoms with E-state index in [0.717, 1.165) is 12.3 Å². The number of halogens is 3. The largest absolute Gasteiger partial charge is 0.433 e. The van der Waals surface area contributed by atoms with Crippen molar-refractivity contribution in [1.29, 1.82) is 0 Å². The molecule has 0 aromatic carbocycles. The summed E-state index contributed by atoms with van der Waals surface area (Å²) in [5, 5.41) is 7.35. The van der Waals surface area contributed by atoms with Gasteiger partial charge in [0, 0.05) is 13.1 Å². The first-order valence-corrected chi connectivity index (χ1v) is 10.9. The number of fused-ring (bicyclic) bond motifs is 1. The van der Waals surface area contributed by atoms with Crippen LogP contribution in [0.1, 0.15) is 49.6 Å². The van der Waals surface area contributed by atoms with E-state index in [2.05, 4.69) is 20.4 Å². The van der Waals surface area contributed by atoms with Crippen molar-refractivity contribution in [1.82, 2.24) is 30.0 Å².